The molecule has 122 valence electrons. The number of carbonyl (C=O) groups excluding carboxylic acids is 1. The quantitative estimate of drug-likeness (QED) is 0.893. The first-order valence-corrected chi connectivity index (χ1v) is 9.26. The van der Waals surface area contributed by atoms with Crippen molar-refractivity contribution in [2.45, 2.75) is 18.9 Å². The molecule has 0 saturated carbocycles. The minimum atomic E-state index is -3.17. The van der Waals surface area contributed by atoms with Crippen LogP contribution in [-0.2, 0) is 21.1 Å². The molecule has 1 aromatic carbocycles. The lowest BCUT2D eigenvalue weighted by Crippen LogP contribution is -2.38. The topological polar surface area (TPSA) is 96.0 Å². The van der Waals surface area contributed by atoms with Crippen molar-refractivity contribution >= 4 is 15.7 Å². The molecule has 1 atom stereocenters. The van der Waals surface area contributed by atoms with Gasteiger partial charge in [0.15, 0.2) is 9.84 Å². The number of hydrogen-bond acceptors (Lipinski definition) is 5. The third-order valence-electron chi connectivity index (χ3n) is 3.93. The average Bonchev–Trinajstić information content (AvgIpc) is 2.97. The SMILES string of the molecule is O=C(Cc1ncn[nH]1)N1CCCS(=O)(=O)C[C@H]1c1ccccc1. The molecule has 2 heterocycles. The Morgan fingerprint density at radius 1 is 1.30 bits per heavy atom. The van der Waals surface area contributed by atoms with Gasteiger partial charge >= 0.3 is 0 Å². The highest BCUT2D eigenvalue weighted by molar-refractivity contribution is 7.91. The Balaban J connectivity index is 1.89. The van der Waals surface area contributed by atoms with E-state index in [4.69, 9.17) is 0 Å². The van der Waals surface area contributed by atoms with E-state index in [9.17, 15) is 13.2 Å². The van der Waals surface area contributed by atoms with Crippen molar-refractivity contribution in [3.8, 4) is 0 Å². The van der Waals surface area contributed by atoms with Gasteiger partial charge in [0.1, 0.15) is 12.2 Å². The van der Waals surface area contributed by atoms with Gasteiger partial charge in [-0.3, -0.25) is 9.89 Å². The molecule has 0 spiro atoms. The summed E-state index contributed by atoms with van der Waals surface area (Å²) in [4.78, 5) is 18.3. The Hall–Kier alpha value is -2.22. The van der Waals surface area contributed by atoms with Crippen LogP contribution in [0.2, 0.25) is 0 Å². The van der Waals surface area contributed by atoms with Crippen LogP contribution in [0, 0.1) is 0 Å². The number of H-pyrrole nitrogens is 1. The van der Waals surface area contributed by atoms with Crippen molar-refractivity contribution < 1.29 is 13.2 Å². The maximum absolute atomic E-state index is 12.7. The van der Waals surface area contributed by atoms with Crippen LogP contribution in [0.4, 0.5) is 0 Å². The van der Waals surface area contributed by atoms with Gasteiger partial charge in [0.05, 0.1) is 24.0 Å². The van der Waals surface area contributed by atoms with Crippen molar-refractivity contribution in [2.24, 2.45) is 0 Å². The number of aromatic amines is 1. The molecule has 1 aliphatic rings. The summed E-state index contributed by atoms with van der Waals surface area (Å²) in [5.74, 6) is 0.406. The van der Waals surface area contributed by atoms with Gasteiger partial charge in [-0.05, 0) is 12.0 Å². The minimum absolute atomic E-state index is 0.0425. The van der Waals surface area contributed by atoms with E-state index in [1.165, 1.54) is 6.33 Å². The summed E-state index contributed by atoms with van der Waals surface area (Å²) in [6, 6.07) is 8.84. The van der Waals surface area contributed by atoms with Gasteiger partial charge in [0.25, 0.3) is 0 Å². The summed E-state index contributed by atoms with van der Waals surface area (Å²) >= 11 is 0. The van der Waals surface area contributed by atoms with E-state index in [-0.39, 0.29) is 23.8 Å². The Kier molecular flexibility index (Phi) is 4.42. The van der Waals surface area contributed by atoms with Gasteiger partial charge in [-0.1, -0.05) is 30.3 Å². The molecule has 1 saturated heterocycles. The predicted molar refractivity (Wildman–Crippen MR) is 84.3 cm³/mol. The Bertz CT molecular complexity index is 759. The number of nitrogens with one attached hydrogen (secondary N) is 1. The third kappa shape index (κ3) is 3.76. The number of nitrogens with zero attached hydrogens (tertiary/aromatic N) is 3. The van der Waals surface area contributed by atoms with Crippen LogP contribution >= 0.6 is 0 Å². The molecule has 0 unspecified atom stereocenters. The molecule has 7 nitrogen and oxygen atoms in total. The second-order valence-corrected chi connectivity index (χ2v) is 7.82. The summed E-state index contributed by atoms with van der Waals surface area (Å²) in [7, 11) is -3.17. The zero-order valence-electron chi connectivity index (χ0n) is 12.6. The summed E-state index contributed by atoms with van der Waals surface area (Å²) in [5, 5.41) is 6.40. The molecule has 2 aromatic rings. The van der Waals surface area contributed by atoms with Crippen molar-refractivity contribution in [1.82, 2.24) is 20.1 Å². The summed E-state index contributed by atoms with van der Waals surface area (Å²) in [6.07, 6.45) is 1.89. The minimum Gasteiger partial charge on any atom is -0.334 e. The first-order valence-electron chi connectivity index (χ1n) is 7.44. The molecule has 0 radical (unpaired) electrons. The number of hydrogen-bond donors (Lipinski definition) is 1. The van der Waals surface area contributed by atoms with Gasteiger partial charge in [0.2, 0.25) is 5.91 Å². The molecule has 23 heavy (non-hydrogen) atoms. The maximum Gasteiger partial charge on any atom is 0.230 e. The van der Waals surface area contributed by atoms with Crippen molar-refractivity contribution in [3.05, 3.63) is 48.0 Å². The second-order valence-electron chi connectivity index (χ2n) is 5.59. The average molecular weight is 334 g/mol. The monoisotopic (exact) mass is 334 g/mol. The Morgan fingerprint density at radius 3 is 2.78 bits per heavy atom. The van der Waals surface area contributed by atoms with Gasteiger partial charge in [-0.25, -0.2) is 13.4 Å². The van der Waals surface area contributed by atoms with Crippen LogP contribution in [-0.4, -0.2) is 52.5 Å². The molecule has 1 aromatic heterocycles. The molecule has 8 heteroatoms. The molecule has 1 amide bonds. The maximum atomic E-state index is 12.7. The van der Waals surface area contributed by atoms with Crippen molar-refractivity contribution in [3.63, 3.8) is 0 Å². The predicted octanol–water partition coefficient (Wildman–Crippen LogP) is 0.736. The first-order chi connectivity index (χ1) is 11.1. The first kappa shape index (κ1) is 15.7. The molecule has 3 rings (SSSR count). The summed E-state index contributed by atoms with van der Waals surface area (Å²) in [5.41, 5.74) is 0.837. The van der Waals surface area contributed by atoms with Gasteiger partial charge in [0, 0.05) is 6.54 Å². The lowest BCUT2D eigenvalue weighted by atomic mass is 10.1. The van der Waals surface area contributed by atoms with E-state index in [1.54, 1.807) is 4.90 Å². The van der Waals surface area contributed by atoms with Crippen LogP contribution in [0.5, 0.6) is 0 Å². The second kappa shape index (κ2) is 6.49. The number of sulfone groups is 1. The van der Waals surface area contributed by atoms with Crippen molar-refractivity contribution in [1.29, 1.82) is 0 Å². The molecule has 0 aliphatic carbocycles. The van der Waals surface area contributed by atoms with Crippen LogP contribution in [0.25, 0.3) is 0 Å². The van der Waals surface area contributed by atoms with Gasteiger partial charge in [-0.15, -0.1) is 0 Å². The summed E-state index contributed by atoms with van der Waals surface area (Å²) in [6.45, 7) is 0.422. The van der Waals surface area contributed by atoms with Crippen LogP contribution in [0.3, 0.4) is 0 Å². The third-order valence-corrected chi connectivity index (χ3v) is 5.66. The van der Waals surface area contributed by atoms with Crippen LogP contribution in [0.1, 0.15) is 23.9 Å². The molecular weight excluding hydrogens is 316 g/mol. The fourth-order valence-corrected chi connectivity index (χ4v) is 4.42. The lowest BCUT2D eigenvalue weighted by Gasteiger charge is -2.29. The highest BCUT2D eigenvalue weighted by atomic mass is 32.2. The van der Waals surface area contributed by atoms with E-state index in [2.05, 4.69) is 15.2 Å². The van der Waals surface area contributed by atoms with E-state index >= 15 is 0 Å². The normalized spacial score (nSPS) is 20.9. The fourth-order valence-electron chi connectivity index (χ4n) is 2.84. The standard InChI is InChI=1S/C15H18N4O3S/c20-15(9-14-16-11-17-18-14)19-7-4-8-23(21,22)10-13(19)12-5-2-1-3-6-12/h1-3,5-6,11,13H,4,7-10H2,(H,16,17,18)/t13-/m0/s1. The zero-order valence-corrected chi connectivity index (χ0v) is 13.4. The van der Waals surface area contributed by atoms with Gasteiger partial charge in [-0.2, -0.15) is 5.10 Å². The Labute approximate surface area is 134 Å². The highest BCUT2D eigenvalue weighted by Crippen LogP contribution is 2.26. The van der Waals surface area contributed by atoms with Crippen LogP contribution in [0.15, 0.2) is 36.7 Å². The number of carbonyl (C=O) groups is 1. The van der Waals surface area contributed by atoms with E-state index in [0.29, 0.717) is 18.8 Å². The van der Waals surface area contributed by atoms with Crippen LogP contribution < -0.4 is 0 Å². The lowest BCUT2D eigenvalue weighted by molar-refractivity contribution is -0.132. The fraction of sp³-hybridized carbons (Fsp3) is 0.400. The van der Waals surface area contributed by atoms with E-state index in [0.717, 1.165) is 5.56 Å². The number of aromatic nitrogens is 3. The van der Waals surface area contributed by atoms with Crippen molar-refractivity contribution in [2.75, 3.05) is 18.1 Å². The van der Waals surface area contributed by atoms with E-state index < -0.39 is 15.9 Å². The van der Waals surface area contributed by atoms with E-state index in [1.807, 2.05) is 30.3 Å². The zero-order chi connectivity index (χ0) is 16.3. The Morgan fingerprint density at radius 2 is 2.09 bits per heavy atom. The highest BCUT2D eigenvalue weighted by Gasteiger charge is 2.32. The smallest absolute Gasteiger partial charge is 0.230 e. The molecule has 1 N–H and O–H groups in total. The largest absolute Gasteiger partial charge is 0.334 e. The number of benzene rings is 1. The molecular formula is C15H18N4O3S. The molecule has 1 fully saturated rings. The van der Waals surface area contributed by atoms with Gasteiger partial charge < -0.3 is 4.90 Å². The molecule has 1 aliphatic heterocycles. The molecule has 0 bridgehead atoms. The number of amides is 1. The number of rotatable bonds is 3. The summed E-state index contributed by atoms with van der Waals surface area (Å²) < 4.78 is 24.3.